The molecule has 0 unspecified atom stereocenters. The van der Waals surface area contributed by atoms with E-state index >= 15 is 0 Å². The molecule has 19 heavy (non-hydrogen) atoms. The highest BCUT2D eigenvalue weighted by Gasteiger charge is 2.21. The molecule has 1 saturated carbocycles. The summed E-state index contributed by atoms with van der Waals surface area (Å²) in [5.41, 5.74) is 0.213. The van der Waals surface area contributed by atoms with Crippen LogP contribution in [0.1, 0.15) is 31.4 Å². The maximum atomic E-state index is 13.5. The number of ether oxygens (including phenoxy) is 1. The molecule has 0 aliphatic heterocycles. The van der Waals surface area contributed by atoms with E-state index < -0.39 is 11.9 Å². The smallest absolute Gasteiger partial charge is 0.257 e. The summed E-state index contributed by atoms with van der Waals surface area (Å²) in [5, 5.41) is 12.1. The second kappa shape index (κ2) is 6.02. The fourth-order valence-electron chi connectivity index (χ4n) is 1.72. The van der Waals surface area contributed by atoms with E-state index in [9.17, 15) is 14.3 Å². The normalized spacial score (nSPS) is 15.9. The number of hydrogen-bond donors (Lipinski definition) is 2. The van der Waals surface area contributed by atoms with Gasteiger partial charge in [0.05, 0.1) is 6.10 Å². The van der Waals surface area contributed by atoms with Crippen molar-refractivity contribution in [3.05, 3.63) is 29.6 Å². The summed E-state index contributed by atoms with van der Waals surface area (Å²) in [7, 11) is 0. The second-order valence-corrected chi connectivity index (χ2v) is 4.90. The minimum atomic E-state index is -0.865. The van der Waals surface area contributed by atoms with Crippen molar-refractivity contribution in [3.63, 3.8) is 0 Å². The fraction of sp³-hybridized carbons (Fsp3) is 0.500. The van der Waals surface area contributed by atoms with Crippen LogP contribution in [0.2, 0.25) is 0 Å². The Hall–Kier alpha value is -1.62. The summed E-state index contributed by atoms with van der Waals surface area (Å²) in [6, 6.07) is 4.17. The molecular weight excluding hydrogens is 249 g/mol. The monoisotopic (exact) mass is 267 g/mol. The van der Waals surface area contributed by atoms with Gasteiger partial charge in [0, 0.05) is 18.2 Å². The quantitative estimate of drug-likeness (QED) is 0.826. The number of benzene rings is 1. The molecule has 0 heterocycles. The maximum Gasteiger partial charge on any atom is 0.257 e. The number of aliphatic hydroxyl groups excluding tert-OH is 1. The summed E-state index contributed by atoms with van der Waals surface area (Å²) in [5.74, 6) is 0.160. The Kier molecular flexibility index (Phi) is 4.37. The molecule has 1 aliphatic carbocycles. The van der Waals surface area contributed by atoms with E-state index in [0.29, 0.717) is 12.5 Å². The van der Waals surface area contributed by atoms with E-state index in [1.165, 1.54) is 31.9 Å². The first-order valence-corrected chi connectivity index (χ1v) is 6.43. The third kappa shape index (κ3) is 4.21. The van der Waals surface area contributed by atoms with Gasteiger partial charge in [-0.25, -0.2) is 4.39 Å². The van der Waals surface area contributed by atoms with Crippen LogP contribution in [0.5, 0.6) is 5.75 Å². The summed E-state index contributed by atoms with van der Waals surface area (Å²) < 4.78 is 18.7. The molecule has 4 nitrogen and oxygen atoms in total. The van der Waals surface area contributed by atoms with Crippen molar-refractivity contribution >= 4 is 5.91 Å². The van der Waals surface area contributed by atoms with Crippen LogP contribution >= 0.6 is 0 Å². The van der Waals surface area contributed by atoms with E-state index in [2.05, 4.69) is 5.32 Å². The number of carbonyl (C=O) groups is 1. The number of halogens is 1. The van der Waals surface area contributed by atoms with Crippen LogP contribution in [-0.4, -0.2) is 24.2 Å². The van der Waals surface area contributed by atoms with Gasteiger partial charge in [-0.1, -0.05) is 0 Å². The molecule has 0 bridgehead atoms. The maximum absolute atomic E-state index is 13.5. The SMILES string of the molecule is C[C@@H](O)c1ccc(OCC(=O)NCC2CC2)cc1F. The average Bonchev–Trinajstić information content (AvgIpc) is 3.17. The molecule has 5 heteroatoms. The van der Waals surface area contributed by atoms with E-state index in [0.717, 1.165) is 0 Å². The van der Waals surface area contributed by atoms with Gasteiger partial charge in [-0.2, -0.15) is 0 Å². The zero-order valence-corrected chi connectivity index (χ0v) is 10.9. The van der Waals surface area contributed by atoms with Crippen LogP contribution in [0.15, 0.2) is 18.2 Å². The van der Waals surface area contributed by atoms with Crippen molar-refractivity contribution in [2.24, 2.45) is 5.92 Å². The molecule has 0 spiro atoms. The van der Waals surface area contributed by atoms with Gasteiger partial charge in [0.25, 0.3) is 5.91 Å². The van der Waals surface area contributed by atoms with E-state index in [1.54, 1.807) is 6.07 Å². The molecule has 1 amide bonds. The lowest BCUT2D eigenvalue weighted by Crippen LogP contribution is -2.30. The molecule has 1 fully saturated rings. The molecule has 1 aromatic rings. The van der Waals surface area contributed by atoms with Crippen LogP contribution in [0.3, 0.4) is 0 Å². The van der Waals surface area contributed by atoms with Crippen molar-refractivity contribution in [1.29, 1.82) is 0 Å². The van der Waals surface area contributed by atoms with Gasteiger partial charge in [0.2, 0.25) is 0 Å². The Labute approximate surface area is 111 Å². The van der Waals surface area contributed by atoms with Gasteiger partial charge in [-0.3, -0.25) is 4.79 Å². The van der Waals surface area contributed by atoms with Crippen molar-refractivity contribution in [3.8, 4) is 5.75 Å². The van der Waals surface area contributed by atoms with Crippen LogP contribution < -0.4 is 10.1 Å². The zero-order chi connectivity index (χ0) is 13.8. The molecule has 2 rings (SSSR count). The first kappa shape index (κ1) is 13.8. The third-order valence-electron chi connectivity index (χ3n) is 3.08. The third-order valence-corrected chi connectivity index (χ3v) is 3.08. The Morgan fingerprint density at radius 1 is 1.58 bits per heavy atom. The summed E-state index contributed by atoms with van der Waals surface area (Å²) >= 11 is 0. The average molecular weight is 267 g/mol. The minimum absolute atomic E-state index is 0.125. The summed E-state index contributed by atoms with van der Waals surface area (Å²) in [4.78, 5) is 11.4. The van der Waals surface area contributed by atoms with Gasteiger partial charge in [0.1, 0.15) is 11.6 Å². The summed E-state index contributed by atoms with van der Waals surface area (Å²) in [6.45, 7) is 2.06. The number of amides is 1. The number of aliphatic hydroxyl groups is 1. The largest absolute Gasteiger partial charge is 0.484 e. The molecule has 0 radical (unpaired) electrons. The van der Waals surface area contributed by atoms with E-state index in [1.807, 2.05) is 0 Å². The predicted molar refractivity (Wildman–Crippen MR) is 68.3 cm³/mol. The second-order valence-electron chi connectivity index (χ2n) is 4.90. The van der Waals surface area contributed by atoms with Crippen LogP contribution in [0, 0.1) is 11.7 Å². The molecule has 0 saturated heterocycles. The van der Waals surface area contributed by atoms with Crippen molar-refractivity contribution in [1.82, 2.24) is 5.32 Å². The van der Waals surface area contributed by atoms with Gasteiger partial charge in [0.15, 0.2) is 6.61 Å². The van der Waals surface area contributed by atoms with E-state index in [4.69, 9.17) is 4.74 Å². The lowest BCUT2D eigenvalue weighted by Gasteiger charge is -2.10. The van der Waals surface area contributed by atoms with Gasteiger partial charge < -0.3 is 15.2 Å². The van der Waals surface area contributed by atoms with Gasteiger partial charge >= 0.3 is 0 Å². The zero-order valence-electron chi connectivity index (χ0n) is 10.9. The first-order chi connectivity index (χ1) is 9.06. The van der Waals surface area contributed by atoms with Crippen molar-refractivity contribution < 1.29 is 19.0 Å². The van der Waals surface area contributed by atoms with Crippen LogP contribution in [0.4, 0.5) is 4.39 Å². The molecule has 1 aliphatic rings. The molecule has 1 aromatic carbocycles. The predicted octanol–water partition coefficient (Wildman–Crippen LogP) is 1.78. The highest BCUT2D eigenvalue weighted by atomic mass is 19.1. The molecular formula is C14H18FNO3. The Bertz CT molecular complexity index is 458. The number of rotatable bonds is 6. The fourth-order valence-corrected chi connectivity index (χ4v) is 1.72. The van der Waals surface area contributed by atoms with Gasteiger partial charge in [-0.15, -0.1) is 0 Å². The number of nitrogens with one attached hydrogen (secondary N) is 1. The molecule has 104 valence electrons. The number of carbonyl (C=O) groups excluding carboxylic acids is 1. The standard InChI is InChI=1S/C14H18FNO3/c1-9(17)12-5-4-11(6-13(12)15)19-8-14(18)16-7-10-2-3-10/h4-6,9-10,17H,2-3,7-8H2,1H3,(H,16,18)/t9-/m1/s1. The number of hydrogen-bond acceptors (Lipinski definition) is 3. The Balaban J connectivity index is 1.81. The van der Waals surface area contributed by atoms with Crippen LogP contribution in [0.25, 0.3) is 0 Å². The molecule has 2 N–H and O–H groups in total. The lowest BCUT2D eigenvalue weighted by molar-refractivity contribution is -0.123. The van der Waals surface area contributed by atoms with Crippen LogP contribution in [-0.2, 0) is 4.79 Å². The Morgan fingerprint density at radius 3 is 2.89 bits per heavy atom. The van der Waals surface area contributed by atoms with E-state index in [-0.39, 0.29) is 23.8 Å². The highest BCUT2D eigenvalue weighted by Crippen LogP contribution is 2.27. The van der Waals surface area contributed by atoms with Gasteiger partial charge in [-0.05, 0) is 37.8 Å². The lowest BCUT2D eigenvalue weighted by atomic mass is 10.1. The minimum Gasteiger partial charge on any atom is -0.484 e. The van der Waals surface area contributed by atoms with Crippen molar-refractivity contribution in [2.45, 2.75) is 25.9 Å². The first-order valence-electron chi connectivity index (χ1n) is 6.43. The summed E-state index contributed by atoms with van der Waals surface area (Å²) in [6.07, 6.45) is 1.48. The molecule has 0 aromatic heterocycles. The highest BCUT2D eigenvalue weighted by molar-refractivity contribution is 5.77. The topological polar surface area (TPSA) is 58.6 Å². The van der Waals surface area contributed by atoms with Crippen molar-refractivity contribution in [2.75, 3.05) is 13.2 Å². The molecule has 1 atom stereocenters. The Morgan fingerprint density at radius 2 is 2.32 bits per heavy atom.